The van der Waals surface area contributed by atoms with Crippen LogP contribution < -0.4 is 20.8 Å². The number of hydrogen-bond acceptors (Lipinski definition) is 5. The molecule has 8 nitrogen and oxygen atoms in total. The van der Waals surface area contributed by atoms with E-state index in [4.69, 9.17) is 4.74 Å². The number of halogens is 1. The first-order chi connectivity index (χ1) is 16.3. The van der Waals surface area contributed by atoms with Gasteiger partial charge in [-0.3, -0.25) is 14.4 Å². The molecule has 0 aliphatic carbocycles. The molecular formula is C25H23FN4O4. The molecule has 0 radical (unpaired) electrons. The highest BCUT2D eigenvalue weighted by atomic mass is 19.1. The van der Waals surface area contributed by atoms with Crippen molar-refractivity contribution in [1.29, 1.82) is 0 Å². The maximum absolute atomic E-state index is 12.9. The predicted octanol–water partition coefficient (Wildman–Crippen LogP) is 3.55. The van der Waals surface area contributed by atoms with Gasteiger partial charge in [-0.2, -0.15) is 5.10 Å². The van der Waals surface area contributed by atoms with Gasteiger partial charge in [-0.05, 0) is 85.1 Å². The fourth-order valence-electron chi connectivity index (χ4n) is 2.79. The molecule has 3 N–H and O–H groups in total. The van der Waals surface area contributed by atoms with Gasteiger partial charge in [0.15, 0.2) is 6.61 Å². The summed E-state index contributed by atoms with van der Waals surface area (Å²) in [6, 6.07) is 17.4. The molecule has 0 unspecified atom stereocenters. The van der Waals surface area contributed by atoms with Crippen molar-refractivity contribution < 1.29 is 23.5 Å². The molecule has 0 saturated carbocycles. The molecular weight excluding hydrogens is 439 g/mol. The van der Waals surface area contributed by atoms with Gasteiger partial charge in [-0.15, -0.1) is 0 Å². The Balaban J connectivity index is 1.44. The molecule has 0 aliphatic heterocycles. The average Bonchev–Trinajstić information content (AvgIpc) is 2.82. The number of benzene rings is 3. The van der Waals surface area contributed by atoms with Crippen LogP contribution in [0.2, 0.25) is 0 Å². The van der Waals surface area contributed by atoms with Gasteiger partial charge in [-0.1, -0.05) is 12.1 Å². The summed E-state index contributed by atoms with van der Waals surface area (Å²) in [4.78, 5) is 35.8. The van der Waals surface area contributed by atoms with Gasteiger partial charge in [0.2, 0.25) is 0 Å². The largest absolute Gasteiger partial charge is 0.484 e. The van der Waals surface area contributed by atoms with Crippen LogP contribution in [0.4, 0.5) is 15.8 Å². The van der Waals surface area contributed by atoms with Crippen LogP contribution in [0.15, 0.2) is 71.8 Å². The van der Waals surface area contributed by atoms with Crippen LogP contribution in [0, 0.1) is 19.7 Å². The number of aryl methyl sites for hydroxylation is 2. The molecule has 0 aliphatic rings. The molecule has 9 heteroatoms. The topological polar surface area (TPSA) is 109 Å². The number of carbonyl (C=O) groups excluding carboxylic acids is 3. The van der Waals surface area contributed by atoms with Crippen molar-refractivity contribution in [3.05, 3.63) is 89.2 Å². The number of carbonyl (C=O) groups is 3. The monoisotopic (exact) mass is 462 g/mol. The van der Waals surface area contributed by atoms with E-state index in [1.165, 1.54) is 18.3 Å². The van der Waals surface area contributed by atoms with E-state index in [1.54, 1.807) is 24.3 Å². The molecule has 3 aromatic rings. The highest BCUT2D eigenvalue weighted by Gasteiger charge is 2.12. The lowest BCUT2D eigenvalue weighted by atomic mass is 10.1. The first-order valence-electron chi connectivity index (χ1n) is 10.3. The van der Waals surface area contributed by atoms with Gasteiger partial charge >= 0.3 is 11.8 Å². The van der Waals surface area contributed by atoms with Crippen molar-refractivity contribution in [2.24, 2.45) is 5.10 Å². The molecule has 3 rings (SSSR count). The maximum atomic E-state index is 12.9. The number of amides is 3. The van der Waals surface area contributed by atoms with Gasteiger partial charge in [0.1, 0.15) is 11.6 Å². The molecule has 0 spiro atoms. The van der Waals surface area contributed by atoms with E-state index in [2.05, 4.69) is 21.2 Å². The number of anilines is 2. The van der Waals surface area contributed by atoms with Crippen LogP contribution >= 0.6 is 0 Å². The smallest absolute Gasteiger partial charge is 0.329 e. The number of nitrogens with one attached hydrogen (secondary N) is 3. The lowest BCUT2D eigenvalue weighted by Crippen LogP contribution is -2.32. The first kappa shape index (κ1) is 24.1. The summed E-state index contributed by atoms with van der Waals surface area (Å²) in [5.74, 6) is -2.16. The summed E-state index contributed by atoms with van der Waals surface area (Å²) in [6.07, 6.45) is 1.35. The third kappa shape index (κ3) is 7.27. The number of ether oxygens (including phenoxy) is 1. The van der Waals surface area contributed by atoms with Gasteiger partial charge in [0.25, 0.3) is 5.91 Å². The van der Waals surface area contributed by atoms with Crippen LogP contribution in [-0.4, -0.2) is 30.5 Å². The Morgan fingerprint density at radius 2 is 1.62 bits per heavy atom. The van der Waals surface area contributed by atoms with Crippen molar-refractivity contribution >= 4 is 35.3 Å². The third-order valence-electron chi connectivity index (χ3n) is 4.61. The molecule has 3 aromatic carbocycles. The third-order valence-corrected chi connectivity index (χ3v) is 4.61. The Labute approximate surface area is 195 Å². The zero-order valence-corrected chi connectivity index (χ0v) is 18.6. The zero-order chi connectivity index (χ0) is 24.5. The van der Waals surface area contributed by atoms with Crippen LogP contribution in [0.3, 0.4) is 0 Å². The fraction of sp³-hybridized carbons (Fsp3) is 0.120. The summed E-state index contributed by atoms with van der Waals surface area (Å²) < 4.78 is 18.4. The average molecular weight is 462 g/mol. The highest BCUT2D eigenvalue weighted by molar-refractivity contribution is 6.39. The second-order valence-electron chi connectivity index (χ2n) is 7.38. The minimum Gasteiger partial charge on any atom is -0.484 e. The van der Waals surface area contributed by atoms with Crippen LogP contribution in [0.5, 0.6) is 5.75 Å². The number of rotatable bonds is 7. The van der Waals surface area contributed by atoms with E-state index in [0.29, 0.717) is 11.3 Å². The minimum absolute atomic E-state index is 0.153. The van der Waals surface area contributed by atoms with E-state index in [1.807, 2.05) is 32.0 Å². The Hall–Kier alpha value is -4.53. The first-order valence-corrected chi connectivity index (χ1v) is 10.3. The summed E-state index contributed by atoms with van der Waals surface area (Å²) in [7, 11) is 0. The normalized spacial score (nSPS) is 10.6. The van der Waals surface area contributed by atoms with E-state index in [-0.39, 0.29) is 18.2 Å². The Morgan fingerprint density at radius 3 is 2.32 bits per heavy atom. The molecule has 0 heterocycles. The molecule has 174 valence electrons. The number of nitrogens with zero attached hydrogens (tertiary/aromatic N) is 1. The quantitative estimate of drug-likeness (QED) is 0.283. The molecule has 0 fully saturated rings. The second kappa shape index (κ2) is 11.4. The minimum atomic E-state index is -0.976. The molecule has 0 atom stereocenters. The summed E-state index contributed by atoms with van der Waals surface area (Å²) >= 11 is 0. The lowest BCUT2D eigenvalue weighted by Gasteiger charge is -2.10. The fourth-order valence-corrected chi connectivity index (χ4v) is 2.79. The maximum Gasteiger partial charge on any atom is 0.329 e. The lowest BCUT2D eigenvalue weighted by molar-refractivity contribution is -0.136. The van der Waals surface area contributed by atoms with Crippen LogP contribution in [0.25, 0.3) is 0 Å². The summed E-state index contributed by atoms with van der Waals surface area (Å²) in [6.45, 7) is 3.71. The molecule has 0 saturated heterocycles. The Morgan fingerprint density at radius 1 is 0.912 bits per heavy atom. The number of hydrogen-bond donors (Lipinski definition) is 3. The highest BCUT2D eigenvalue weighted by Crippen LogP contribution is 2.17. The van der Waals surface area contributed by atoms with Crippen molar-refractivity contribution in [2.75, 3.05) is 17.2 Å². The van der Waals surface area contributed by atoms with Gasteiger partial charge in [-0.25, -0.2) is 9.82 Å². The molecule has 0 aromatic heterocycles. The Bertz CT molecular complexity index is 1210. The Kier molecular flexibility index (Phi) is 8.07. The van der Waals surface area contributed by atoms with Gasteiger partial charge in [0.05, 0.1) is 6.21 Å². The molecule has 3 amide bonds. The molecule has 0 bridgehead atoms. The van der Waals surface area contributed by atoms with E-state index in [9.17, 15) is 18.8 Å². The van der Waals surface area contributed by atoms with Crippen molar-refractivity contribution in [1.82, 2.24) is 5.43 Å². The van der Waals surface area contributed by atoms with Gasteiger partial charge < -0.3 is 15.4 Å². The second-order valence-corrected chi connectivity index (χ2v) is 7.38. The number of hydrazone groups is 1. The van der Waals surface area contributed by atoms with Crippen LogP contribution in [0.1, 0.15) is 16.7 Å². The van der Waals surface area contributed by atoms with Crippen molar-refractivity contribution in [3.8, 4) is 5.75 Å². The van der Waals surface area contributed by atoms with Crippen molar-refractivity contribution in [3.63, 3.8) is 0 Å². The van der Waals surface area contributed by atoms with Gasteiger partial charge in [0, 0.05) is 11.4 Å². The van der Waals surface area contributed by atoms with Crippen LogP contribution in [-0.2, 0) is 14.4 Å². The summed E-state index contributed by atoms with van der Waals surface area (Å²) in [5, 5.41) is 8.89. The molecule has 34 heavy (non-hydrogen) atoms. The van der Waals surface area contributed by atoms with Crippen molar-refractivity contribution in [2.45, 2.75) is 13.8 Å². The summed E-state index contributed by atoms with van der Waals surface area (Å²) in [5.41, 5.74) is 5.77. The van der Waals surface area contributed by atoms with E-state index >= 15 is 0 Å². The predicted molar refractivity (Wildman–Crippen MR) is 127 cm³/mol. The van der Waals surface area contributed by atoms with E-state index in [0.717, 1.165) is 28.9 Å². The zero-order valence-electron chi connectivity index (χ0n) is 18.6. The standard InChI is InChI=1S/C25H23FN4O4/c1-16-3-4-17(2)22(13-16)29-23(31)15-34-21-11-5-18(6-12-21)14-27-30-25(33)24(32)28-20-9-7-19(26)8-10-20/h3-14H,15H2,1-2H3,(H,28,32)(H,29,31)(H,30,33)/b27-14-. The SMILES string of the molecule is Cc1ccc(C)c(NC(=O)COc2ccc(/C=N\NC(=O)C(=O)Nc3ccc(F)cc3)cc2)c1. The van der Waals surface area contributed by atoms with E-state index < -0.39 is 17.6 Å².